The smallest absolute Gasteiger partial charge is 0.224 e. The van der Waals surface area contributed by atoms with Crippen molar-refractivity contribution >= 4 is 17.7 Å². The highest BCUT2D eigenvalue weighted by Crippen LogP contribution is 2.03. The van der Waals surface area contributed by atoms with Crippen molar-refractivity contribution in [1.82, 2.24) is 15.3 Å². The van der Waals surface area contributed by atoms with E-state index in [-0.39, 0.29) is 5.91 Å². The lowest BCUT2D eigenvalue weighted by Crippen LogP contribution is -2.26. The van der Waals surface area contributed by atoms with Crippen LogP contribution >= 0.6 is 0 Å². The van der Waals surface area contributed by atoms with Crippen LogP contribution in [0.1, 0.15) is 6.92 Å². The molecule has 6 nitrogen and oxygen atoms in total. The molecule has 0 atom stereocenters. The topological polar surface area (TPSA) is 78.9 Å². The molecule has 0 saturated heterocycles. The van der Waals surface area contributed by atoms with E-state index < -0.39 is 0 Å². The number of anilines is 2. The van der Waals surface area contributed by atoms with Crippen LogP contribution in [0.3, 0.4) is 0 Å². The number of aromatic nitrogens is 2. The summed E-state index contributed by atoms with van der Waals surface area (Å²) >= 11 is 0. The van der Waals surface area contributed by atoms with Gasteiger partial charge in [-0.3, -0.25) is 4.79 Å². The first kappa shape index (κ1) is 11.2. The molecule has 0 spiro atoms. The number of nitrogens with zero attached hydrogens (tertiary/aromatic N) is 2. The van der Waals surface area contributed by atoms with Gasteiger partial charge in [-0.2, -0.15) is 4.98 Å². The lowest BCUT2D eigenvalue weighted by molar-refractivity contribution is -0.118. The van der Waals surface area contributed by atoms with Gasteiger partial charge in [0.05, 0.1) is 0 Å². The van der Waals surface area contributed by atoms with Gasteiger partial charge in [0.1, 0.15) is 5.82 Å². The van der Waals surface area contributed by atoms with E-state index in [4.69, 9.17) is 0 Å². The SMILES string of the molecule is CNc1nccc(NCCNC(C)=O)n1. The molecule has 6 heteroatoms. The predicted molar refractivity (Wildman–Crippen MR) is 58.8 cm³/mol. The number of carbonyl (C=O) groups is 1. The third kappa shape index (κ3) is 4.26. The Morgan fingerprint density at radius 2 is 2.27 bits per heavy atom. The molecule has 0 saturated carbocycles. The second-order valence-electron chi connectivity index (χ2n) is 2.93. The van der Waals surface area contributed by atoms with Crippen molar-refractivity contribution in [2.45, 2.75) is 6.92 Å². The second kappa shape index (κ2) is 5.79. The molecular weight excluding hydrogens is 194 g/mol. The van der Waals surface area contributed by atoms with Crippen LogP contribution in [0.15, 0.2) is 12.3 Å². The zero-order valence-corrected chi connectivity index (χ0v) is 8.87. The van der Waals surface area contributed by atoms with Crippen LogP contribution in [-0.4, -0.2) is 36.0 Å². The molecule has 1 aromatic heterocycles. The maximum atomic E-state index is 10.6. The molecule has 1 amide bonds. The van der Waals surface area contributed by atoms with E-state index in [1.165, 1.54) is 6.92 Å². The fourth-order valence-corrected chi connectivity index (χ4v) is 1.01. The minimum absolute atomic E-state index is 0.0320. The van der Waals surface area contributed by atoms with Gasteiger partial charge < -0.3 is 16.0 Å². The summed E-state index contributed by atoms with van der Waals surface area (Å²) in [5.41, 5.74) is 0. The van der Waals surface area contributed by atoms with Crippen molar-refractivity contribution in [3.63, 3.8) is 0 Å². The molecule has 3 N–H and O–H groups in total. The standard InChI is InChI=1S/C9H15N5O/c1-7(15)11-5-6-12-8-3-4-13-9(10-2)14-8/h3-4H,5-6H2,1-2H3,(H,11,15)(H2,10,12,13,14). The quantitative estimate of drug-likeness (QED) is 0.598. The van der Waals surface area contributed by atoms with Gasteiger partial charge in [-0.05, 0) is 6.07 Å². The van der Waals surface area contributed by atoms with Crippen molar-refractivity contribution in [2.24, 2.45) is 0 Å². The van der Waals surface area contributed by atoms with Crippen molar-refractivity contribution in [2.75, 3.05) is 30.8 Å². The average molecular weight is 209 g/mol. The monoisotopic (exact) mass is 209 g/mol. The Bertz CT molecular complexity index is 328. The number of amides is 1. The first-order chi connectivity index (χ1) is 7.22. The maximum absolute atomic E-state index is 10.6. The van der Waals surface area contributed by atoms with Crippen LogP contribution < -0.4 is 16.0 Å². The number of hydrogen-bond acceptors (Lipinski definition) is 5. The minimum Gasteiger partial charge on any atom is -0.368 e. The van der Waals surface area contributed by atoms with E-state index in [1.807, 2.05) is 0 Å². The number of hydrogen-bond donors (Lipinski definition) is 3. The third-order valence-electron chi connectivity index (χ3n) is 1.68. The van der Waals surface area contributed by atoms with Crippen molar-refractivity contribution in [1.29, 1.82) is 0 Å². The Morgan fingerprint density at radius 1 is 1.47 bits per heavy atom. The number of carbonyl (C=O) groups excluding carboxylic acids is 1. The van der Waals surface area contributed by atoms with Crippen LogP contribution in [0.4, 0.5) is 11.8 Å². The molecule has 0 aliphatic heterocycles. The highest BCUT2D eigenvalue weighted by molar-refractivity contribution is 5.72. The minimum atomic E-state index is -0.0320. The molecule has 0 fully saturated rings. The van der Waals surface area contributed by atoms with Gasteiger partial charge >= 0.3 is 0 Å². The summed E-state index contributed by atoms with van der Waals surface area (Å²) in [6, 6.07) is 1.77. The summed E-state index contributed by atoms with van der Waals surface area (Å²) in [7, 11) is 1.76. The lowest BCUT2D eigenvalue weighted by Gasteiger charge is -2.06. The van der Waals surface area contributed by atoms with E-state index in [2.05, 4.69) is 25.9 Å². The molecule has 1 heterocycles. The van der Waals surface area contributed by atoms with Gasteiger partial charge in [0.2, 0.25) is 11.9 Å². The zero-order chi connectivity index (χ0) is 11.1. The molecule has 1 aromatic rings. The molecule has 0 aromatic carbocycles. The van der Waals surface area contributed by atoms with E-state index in [0.29, 0.717) is 19.0 Å². The van der Waals surface area contributed by atoms with E-state index in [0.717, 1.165) is 5.82 Å². The Morgan fingerprint density at radius 3 is 2.93 bits per heavy atom. The Hall–Kier alpha value is -1.85. The molecule has 82 valence electrons. The molecule has 0 unspecified atom stereocenters. The van der Waals surface area contributed by atoms with E-state index in [1.54, 1.807) is 19.3 Å². The van der Waals surface area contributed by atoms with Crippen LogP contribution in [-0.2, 0) is 4.79 Å². The Kier molecular flexibility index (Phi) is 4.33. The van der Waals surface area contributed by atoms with Crippen molar-refractivity contribution in [3.8, 4) is 0 Å². The van der Waals surface area contributed by atoms with E-state index >= 15 is 0 Å². The molecule has 0 aliphatic carbocycles. The summed E-state index contributed by atoms with van der Waals surface area (Å²) in [6.07, 6.45) is 1.67. The van der Waals surface area contributed by atoms with Crippen molar-refractivity contribution in [3.05, 3.63) is 12.3 Å². The second-order valence-corrected chi connectivity index (χ2v) is 2.93. The average Bonchev–Trinajstić information content (AvgIpc) is 2.24. The van der Waals surface area contributed by atoms with Gasteiger partial charge in [0.15, 0.2) is 0 Å². The maximum Gasteiger partial charge on any atom is 0.224 e. The summed E-state index contributed by atoms with van der Waals surface area (Å²) in [5.74, 6) is 1.27. The summed E-state index contributed by atoms with van der Waals surface area (Å²) < 4.78 is 0. The first-order valence-electron chi connectivity index (χ1n) is 4.71. The van der Waals surface area contributed by atoms with Crippen molar-refractivity contribution < 1.29 is 4.79 Å². The largest absolute Gasteiger partial charge is 0.368 e. The first-order valence-corrected chi connectivity index (χ1v) is 4.71. The van der Waals surface area contributed by atoms with Gasteiger partial charge in [0.25, 0.3) is 0 Å². The highest BCUT2D eigenvalue weighted by atomic mass is 16.1. The summed E-state index contributed by atoms with van der Waals surface area (Å²) in [6.45, 7) is 2.71. The third-order valence-corrected chi connectivity index (χ3v) is 1.68. The lowest BCUT2D eigenvalue weighted by atomic mass is 10.5. The molecular formula is C9H15N5O. The Balaban J connectivity index is 2.33. The van der Waals surface area contributed by atoms with Crippen LogP contribution in [0.25, 0.3) is 0 Å². The molecule has 15 heavy (non-hydrogen) atoms. The van der Waals surface area contributed by atoms with Gasteiger partial charge in [-0.15, -0.1) is 0 Å². The predicted octanol–water partition coefficient (Wildman–Crippen LogP) is 0.0663. The Labute approximate surface area is 88.5 Å². The zero-order valence-electron chi connectivity index (χ0n) is 8.87. The van der Waals surface area contributed by atoms with Gasteiger partial charge in [0, 0.05) is 33.3 Å². The molecule has 0 aliphatic rings. The van der Waals surface area contributed by atoms with Crippen LogP contribution in [0.5, 0.6) is 0 Å². The van der Waals surface area contributed by atoms with Crippen LogP contribution in [0, 0.1) is 0 Å². The highest BCUT2D eigenvalue weighted by Gasteiger charge is 1.96. The number of nitrogens with one attached hydrogen (secondary N) is 3. The van der Waals surface area contributed by atoms with Crippen LogP contribution in [0.2, 0.25) is 0 Å². The summed E-state index contributed by atoms with van der Waals surface area (Å²) in [4.78, 5) is 18.7. The molecule has 0 bridgehead atoms. The summed E-state index contributed by atoms with van der Waals surface area (Å²) in [5, 5.41) is 8.60. The number of rotatable bonds is 5. The molecule has 1 rings (SSSR count). The van der Waals surface area contributed by atoms with Gasteiger partial charge in [-0.1, -0.05) is 0 Å². The normalized spacial score (nSPS) is 9.47. The fourth-order valence-electron chi connectivity index (χ4n) is 1.01. The van der Waals surface area contributed by atoms with E-state index in [9.17, 15) is 4.79 Å². The molecule has 0 radical (unpaired) electrons. The van der Waals surface area contributed by atoms with Gasteiger partial charge in [-0.25, -0.2) is 4.98 Å². The fraction of sp³-hybridized carbons (Fsp3) is 0.444.